The van der Waals surface area contributed by atoms with Gasteiger partial charge in [-0.1, -0.05) is 0 Å². The number of benzene rings is 1. The van der Waals surface area contributed by atoms with E-state index in [0.717, 1.165) is 25.6 Å². The molecule has 21 heavy (non-hydrogen) atoms. The van der Waals surface area contributed by atoms with Gasteiger partial charge in [0.05, 0.1) is 17.2 Å². The SMILES string of the molecule is CC(C)N1CCC(Nc2ccc(C(F)(F)F)c(C#N)c2)C1. The Kier molecular flexibility index (Phi) is 4.43. The Morgan fingerprint density at radius 3 is 2.62 bits per heavy atom. The number of anilines is 1. The van der Waals surface area contributed by atoms with Gasteiger partial charge in [0.2, 0.25) is 0 Å². The van der Waals surface area contributed by atoms with Crippen molar-refractivity contribution in [2.75, 3.05) is 18.4 Å². The molecule has 0 radical (unpaired) electrons. The van der Waals surface area contributed by atoms with Gasteiger partial charge in [-0.2, -0.15) is 18.4 Å². The fraction of sp³-hybridized carbons (Fsp3) is 0.533. The van der Waals surface area contributed by atoms with Crippen LogP contribution in [0.4, 0.5) is 18.9 Å². The normalized spacial score (nSPS) is 19.8. The molecule has 114 valence electrons. The highest BCUT2D eigenvalue weighted by molar-refractivity contribution is 5.54. The number of hydrogen-bond donors (Lipinski definition) is 1. The van der Waals surface area contributed by atoms with Crippen LogP contribution in [0.2, 0.25) is 0 Å². The van der Waals surface area contributed by atoms with E-state index in [4.69, 9.17) is 5.26 Å². The Labute approximate surface area is 122 Å². The highest BCUT2D eigenvalue weighted by Crippen LogP contribution is 2.33. The zero-order valence-corrected chi connectivity index (χ0v) is 12.0. The maximum atomic E-state index is 12.7. The minimum Gasteiger partial charge on any atom is -0.381 e. The molecule has 1 aliphatic rings. The number of hydrogen-bond acceptors (Lipinski definition) is 3. The molecule has 0 amide bonds. The number of likely N-dealkylation sites (tertiary alicyclic amines) is 1. The highest BCUT2D eigenvalue weighted by Gasteiger charge is 2.33. The Hall–Kier alpha value is -1.74. The number of nitrogens with one attached hydrogen (secondary N) is 1. The molecule has 1 atom stereocenters. The van der Waals surface area contributed by atoms with E-state index in [-0.39, 0.29) is 11.6 Å². The van der Waals surface area contributed by atoms with E-state index < -0.39 is 11.7 Å². The first-order valence-electron chi connectivity index (χ1n) is 6.93. The third-order valence-electron chi connectivity index (χ3n) is 3.77. The van der Waals surface area contributed by atoms with Gasteiger partial charge in [-0.05, 0) is 38.5 Å². The Morgan fingerprint density at radius 1 is 1.38 bits per heavy atom. The molecule has 0 saturated carbocycles. The lowest BCUT2D eigenvalue weighted by atomic mass is 10.1. The first kappa shape index (κ1) is 15.6. The Balaban J connectivity index is 2.11. The summed E-state index contributed by atoms with van der Waals surface area (Å²) in [4.78, 5) is 2.31. The summed E-state index contributed by atoms with van der Waals surface area (Å²) in [5.41, 5.74) is -0.660. The second-order valence-corrected chi connectivity index (χ2v) is 5.59. The van der Waals surface area contributed by atoms with E-state index in [9.17, 15) is 13.2 Å². The van der Waals surface area contributed by atoms with Gasteiger partial charge in [0, 0.05) is 30.9 Å². The lowest BCUT2D eigenvalue weighted by Gasteiger charge is -2.21. The Morgan fingerprint density at radius 2 is 2.10 bits per heavy atom. The fourth-order valence-corrected chi connectivity index (χ4v) is 2.58. The molecule has 0 aliphatic carbocycles. The molecule has 3 nitrogen and oxygen atoms in total. The fourth-order valence-electron chi connectivity index (χ4n) is 2.58. The summed E-state index contributed by atoms with van der Waals surface area (Å²) in [5.74, 6) is 0. The summed E-state index contributed by atoms with van der Waals surface area (Å²) in [7, 11) is 0. The summed E-state index contributed by atoms with van der Waals surface area (Å²) in [5, 5.41) is 12.1. The topological polar surface area (TPSA) is 39.1 Å². The standard InChI is InChI=1S/C15H18F3N3/c1-10(2)21-6-5-13(9-21)20-12-3-4-14(15(16,17)18)11(7-12)8-19/h3-4,7,10,13,20H,5-6,9H2,1-2H3. The van der Waals surface area contributed by atoms with Crippen molar-refractivity contribution in [3.8, 4) is 6.07 Å². The third-order valence-corrected chi connectivity index (χ3v) is 3.77. The molecule has 1 saturated heterocycles. The van der Waals surface area contributed by atoms with Crippen molar-refractivity contribution < 1.29 is 13.2 Å². The molecule has 0 spiro atoms. The van der Waals surface area contributed by atoms with Gasteiger partial charge >= 0.3 is 6.18 Å². The van der Waals surface area contributed by atoms with Gasteiger partial charge in [0.15, 0.2) is 0 Å². The highest BCUT2D eigenvalue weighted by atomic mass is 19.4. The molecule has 0 bridgehead atoms. The van der Waals surface area contributed by atoms with E-state index in [1.165, 1.54) is 12.1 Å². The monoisotopic (exact) mass is 297 g/mol. The van der Waals surface area contributed by atoms with Crippen LogP contribution in [0, 0.1) is 11.3 Å². The lowest BCUT2D eigenvalue weighted by Crippen LogP contribution is -2.31. The van der Waals surface area contributed by atoms with Gasteiger partial charge in [-0.15, -0.1) is 0 Å². The zero-order chi connectivity index (χ0) is 15.6. The second-order valence-electron chi connectivity index (χ2n) is 5.59. The first-order valence-corrected chi connectivity index (χ1v) is 6.93. The van der Waals surface area contributed by atoms with Crippen LogP contribution in [-0.2, 0) is 6.18 Å². The number of alkyl halides is 3. The third kappa shape index (κ3) is 3.67. The van der Waals surface area contributed by atoms with Gasteiger partial charge in [0.1, 0.15) is 0 Å². The van der Waals surface area contributed by atoms with Crippen LogP contribution in [0.15, 0.2) is 18.2 Å². The largest absolute Gasteiger partial charge is 0.417 e. The van der Waals surface area contributed by atoms with Crippen molar-refractivity contribution in [3.05, 3.63) is 29.3 Å². The van der Waals surface area contributed by atoms with Gasteiger partial charge < -0.3 is 5.32 Å². The van der Waals surface area contributed by atoms with E-state index in [1.807, 2.05) is 0 Å². The molecule has 1 aromatic rings. The molecule has 6 heteroatoms. The van der Waals surface area contributed by atoms with Crippen molar-refractivity contribution >= 4 is 5.69 Å². The summed E-state index contributed by atoms with van der Waals surface area (Å²) < 4.78 is 38.2. The lowest BCUT2D eigenvalue weighted by molar-refractivity contribution is -0.137. The smallest absolute Gasteiger partial charge is 0.381 e. The van der Waals surface area contributed by atoms with Crippen LogP contribution in [0.1, 0.15) is 31.4 Å². The quantitative estimate of drug-likeness (QED) is 0.928. The minimum atomic E-state index is -4.49. The van der Waals surface area contributed by atoms with Gasteiger partial charge in [0.25, 0.3) is 0 Å². The molecule has 1 N–H and O–H groups in total. The van der Waals surface area contributed by atoms with E-state index in [2.05, 4.69) is 24.1 Å². The van der Waals surface area contributed by atoms with E-state index in [1.54, 1.807) is 6.07 Å². The summed E-state index contributed by atoms with van der Waals surface area (Å²) in [6, 6.07) is 5.92. The molecular weight excluding hydrogens is 279 g/mol. The molecule has 1 aliphatic heterocycles. The average molecular weight is 297 g/mol. The molecule has 1 aromatic carbocycles. The zero-order valence-electron chi connectivity index (χ0n) is 12.0. The Bertz CT molecular complexity index is 546. The maximum absolute atomic E-state index is 12.7. The number of rotatable bonds is 3. The minimum absolute atomic E-state index is 0.204. The van der Waals surface area contributed by atoms with Crippen LogP contribution < -0.4 is 5.32 Å². The van der Waals surface area contributed by atoms with Crippen LogP contribution in [0.25, 0.3) is 0 Å². The molecule has 1 unspecified atom stereocenters. The van der Waals surface area contributed by atoms with Crippen LogP contribution in [0.5, 0.6) is 0 Å². The molecule has 1 fully saturated rings. The summed E-state index contributed by atoms with van der Waals surface area (Å²) >= 11 is 0. The number of nitriles is 1. The predicted molar refractivity (Wildman–Crippen MR) is 74.9 cm³/mol. The van der Waals surface area contributed by atoms with Crippen LogP contribution in [0.3, 0.4) is 0 Å². The first-order chi connectivity index (χ1) is 9.81. The van der Waals surface area contributed by atoms with Crippen molar-refractivity contribution in [2.24, 2.45) is 0 Å². The number of nitrogens with zero attached hydrogens (tertiary/aromatic N) is 2. The van der Waals surface area contributed by atoms with Crippen LogP contribution >= 0.6 is 0 Å². The molecule has 1 heterocycles. The predicted octanol–water partition coefficient (Wildman–Crippen LogP) is 3.47. The molecule has 2 rings (SSSR count). The van der Waals surface area contributed by atoms with Crippen molar-refractivity contribution in [1.82, 2.24) is 4.90 Å². The van der Waals surface area contributed by atoms with E-state index in [0.29, 0.717) is 11.7 Å². The van der Waals surface area contributed by atoms with Crippen molar-refractivity contribution in [2.45, 2.75) is 38.5 Å². The number of halogens is 3. The van der Waals surface area contributed by atoms with E-state index >= 15 is 0 Å². The summed E-state index contributed by atoms with van der Waals surface area (Å²) in [6.07, 6.45) is -3.55. The van der Waals surface area contributed by atoms with Crippen molar-refractivity contribution in [3.63, 3.8) is 0 Å². The van der Waals surface area contributed by atoms with Gasteiger partial charge in [-0.3, -0.25) is 4.90 Å². The second kappa shape index (κ2) is 5.94. The van der Waals surface area contributed by atoms with Crippen molar-refractivity contribution in [1.29, 1.82) is 5.26 Å². The van der Waals surface area contributed by atoms with Gasteiger partial charge in [-0.25, -0.2) is 0 Å². The molecule has 0 aromatic heterocycles. The average Bonchev–Trinajstić information content (AvgIpc) is 2.86. The molecular formula is C15H18F3N3. The van der Waals surface area contributed by atoms with Crippen LogP contribution in [-0.4, -0.2) is 30.1 Å². The maximum Gasteiger partial charge on any atom is 0.417 e. The summed E-state index contributed by atoms with van der Waals surface area (Å²) in [6.45, 7) is 6.07.